The number of benzene rings is 1. The number of carbonyl (C=O) groups excluding carboxylic acids is 1. The Hall–Kier alpha value is -2.44. The van der Waals surface area contributed by atoms with Crippen molar-refractivity contribution in [3.8, 4) is 11.5 Å². The molecule has 0 saturated carbocycles. The summed E-state index contributed by atoms with van der Waals surface area (Å²) in [5.41, 5.74) is 6.42. The van der Waals surface area contributed by atoms with E-state index in [4.69, 9.17) is 10.3 Å². The van der Waals surface area contributed by atoms with E-state index in [1.54, 1.807) is 11.3 Å². The van der Waals surface area contributed by atoms with E-state index in [0.717, 1.165) is 22.2 Å². The Morgan fingerprint density at radius 3 is 3.00 bits per heavy atom. The Balaban J connectivity index is 1.88. The van der Waals surface area contributed by atoms with Crippen LogP contribution in [0.5, 0.6) is 0 Å². The van der Waals surface area contributed by atoms with Crippen molar-refractivity contribution < 1.29 is 9.21 Å². The van der Waals surface area contributed by atoms with E-state index in [1.807, 2.05) is 41.9 Å². The van der Waals surface area contributed by atoms with Crippen molar-refractivity contribution >= 4 is 33.9 Å². The Labute approximate surface area is 137 Å². The van der Waals surface area contributed by atoms with Crippen molar-refractivity contribution in [3.63, 3.8) is 0 Å². The van der Waals surface area contributed by atoms with Gasteiger partial charge < -0.3 is 4.42 Å². The first-order chi connectivity index (χ1) is 11.1. The molecule has 5 nitrogen and oxygen atoms in total. The summed E-state index contributed by atoms with van der Waals surface area (Å²) in [6.45, 7) is 6.04. The predicted molar refractivity (Wildman–Crippen MR) is 92.5 cm³/mol. The Morgan fingerprint density at radius 2 is 2.30 bits per heavy atom. The summed E-state index contributed by atoms with van der Waals surface area (Å²) >= 11 is 1.60. The number of aromatic nitrogens is 1. The highest BCUT2D eigenvalue weighted by atomic mass is 32.1. The molecule has 2 aromatic heterocycles. The number of fused-ring (bicyclic) bond motifs is 1. The summed E-state index contributed by atoms with van der Waals surface area (Å²) in [6.07, 6.45) is 0.296. The van der Waals surface area contributed by atoms with Gasteiger partial charge in [0.2, 0.25) is 11.8 Å². The average Bonchev–Trinajstić information content (AvgIpc) is 3.21. The third kappa shape index (κ3) is 3.18. The van der Waals surface area contributed by atoms with Crippen LogP contribution in [0.15, 0.2) is 46.0 Å². The minimum Gasteiger partial charge on any atom is -0.436 e. The number of hydrogen-bond donors (Lipinski definition) is 2. The lowest BCUT2D eigenvalue weighted by molar-refractivity contribution is -0.121. The van der Waals surface area contributed by atoms with Crippen molar-refractivity contribution in [3.05, 3.63) is 47.2 Å². The van der Waals surface area contributed by atoms with E-state index in [1.165, 1.54) is 0 Å². The molecule has 3 rings (SSSR count). The molecule has 0 aliphatic heterocycles. The summed E-state index contributed by atoms with van der Waals surface area (Å²) in [4.78, 5) is 15.9. The number of carbonyl (C=O) groups is 1. The molecule has 1 aromatic carbocycles. The zero-order valence-electron chi connectivity index (χ0n) is 12.7. The quantitative estimate of drug-likeness (QED) is 0.426. The molecule has 0 fully saturated rings. The van der Waals surface area contributed by atoms with E-state index in [9.17, 15) is 4.79 Å². The van der Waals surface area contributed by atoms with E-state index < -0.39 is 0 Å². The average molecular weight is 327 g/mol. The number of nitrogens with two attached hydrogens (primary N) is 1. The number of oxazole rings is 1. The first-order valence-corrected chi connectivity index (χ1v) is 8.14. The number of hydrazine groups is 1. The van der Waals surface area contributed by atoms with Crippen LogP contribution >= 0.6 is 11.3 Å². The summed E-state index contributed by atoms with van der Waals surface area (Å²) in [5, 5.41) is 3.99. The highest BCUT2D eigenvalue weighted by Crippen LogP contribution is 2.30. The molecule has 2 heterocycles. The van der Waals surface area contributed by atoms with E-state index in [-0.39, 0.29) is 11.8 Å². The molecular formula is C17H17N3O2S. The molecule has 1 amide bonds. The smallest absolute Gasteiger partial charge is 0.234 e. The zero-order valence-corrected chi connectivity index (χ0v) is 13.5. The van der Waals surface area contributed by atoms with Crippen LogP contribution in [0.25, 0.3) is 28.1 Å². The lowest BCUT2D eigenvalue weighted by Crippen LogP contribution is -2.31. The topological polar surface area (TPSA) is 81.2 Å². The van der Waals surface area contributed by atoms with Crippen LogP contribution in [0.3, 0.4) is 0 Å². The SMILES string of the molecule is C=C(c1ccc2nc(-c3ccsc3)oc2c1)C(C)CC(=O)NN. The van der Waals surface area contributed by atoms with E-state index >= 15 is 0 Å². The number of rotatable bonds is 5. The molecule has 23 heavy (non-hydrogen) atoms. The van der Waals surface area contributed by atoms with Crippen LogP contribution in [-0.2, 0) is 4.79 Å². The maximum Gasteiger partial charge on any atom is 0.234 e. The third-order valence-electron chi connectivity index (χ3n) is 3.77. The van der Waals surface area contributed by atoms with Gasteiger partial charge in [-0.05, 0) is 40.6 Å². The molecule has 118 valence electrons. The number of allylic oxidation sites excluding steroid dienone is 1. The van der Waals surface area contributed by atoms with Crippen LogP contribution in [0.4, 0.5) is 0 Å². The minimum atomic E-state index is -0.209. The zero-order chi connectivity index (χ0) is 16.4. The van der Waals surface area contributed by atoms with Crippen LogP contribution in [0, 0.1) is 5.92 Å². The fraction of sp³-hybridized carbons (Fsp3) is 0.176. The number of nitrogens with zero attached hydrogens (tertiary/aromatic N) is 1. The van der Waals surface area contributed by atoms with Gasteiger partial charge in [-0.1, -0.05) is 19.6 Å². The molecular weight excluding hydrogens is 310 g/mol. The van der Waals surface area contributed by atoms with Gasteiger partial charge in [0.25, 0.3) is 0 Å². The van der Waals surface area contributed by atoms with Gasteiger partial charge in [-0.2, -0.15) is 11.3 Å². The largest absolute Gasteiger partial charge is 0.436 e. The van der Waals surface area contributed by atoms with Gasteiger partial charge in [-0.15, -0.1) is 0 Å². The molecule has 3 aromatic rings. The lowest BCUT2D eigenvalue weighted by Gasteiger charge is -2.13. The van der Waals surface area contributed by atoms with E-state index in [2.05, 4.69) is 17.0 Å². The lowest BCUT2D eigenvalue weighted by atomic mass is 9.92. The van der Waals surface area contributed by atoms with Crippen LogP contribution in [0.1, 0.15) is 18.9 Å². The molecule has 3 N–H and O–H groups in total. The highest BCUT2D eigenvalue weighted by molar-refractivity contribution is 7.08. The molecule has 1 atom stereocenters. The summed E-state index contributed by atoms with van der Waals surface area (Å²) in [7, 11) is 0. The molecule has 1 unspecified atom stereocenters. The van der Waals surface area contributed by atoms with Gasteiger partial charge in [-0.25, -0.2) is 10.8 Å². The Morgan fingerprint density at radius 1 is 1.48 bits per heavy atom. The van der Waals surface area contributed by atoms with Gasteiger partial charge in [-0.3, -0.25) is 10.2 Å². The summed E-state index contributed by atoms with van der Waals surface area (Å²) in [5.74, 6) is 5.51. The number of thiophene rings is 1. The third-order valence-corrected chi connectivity index (χ3v) is 4.46. The van der Waals surface area contributed by atoms with Crippen LogP contribution in [-0.4, -0.2) is 10.9 Å². The molecule has 0 aliphatic carbocycles. The summed E-state index contributed by atoms with van der Waals surface area (Å²) in [6, 6.07) is 7.74. The second-order valence-electron chi connectivity index (χ2n) is 5.41. The van der Waals surface area contributed by atoms with Gasteiger partial charge in [0, 0.05) is 17.4 Å². The second-order valence-corrected chi connectivity index (χ2v) is 6.19. The van der Waals surface area contributed by atoms with Crippen molar-refractivity contribution in [2.24, 2.45) is 11.8 Å². The number of nitrogens with one attached hydrogen (secondary N) is 1. The first-order valence-electron chi connectivity index (χ1n) is 7.20. The van der Waals surface area contributed by atoms with Gasteiger partial charge in [0.05, 0.1) is 0 Å². The minimum absolute atomic E-state index is 0.0183. The van der Waals surface area contributed by atoms with E-state index in [0.29, 0.717) is 17.9 Å². The van der Waals surface area contributed by atoms with Gasteiger partial charge in [0.15, 0.2) is 5.58 Å². The highest BCUT2D eigenvalue weighted by Gasteiger charge is 2.15. The maximum atomic E-state index is 11.4. The molecule has 0 bridgehead atoms. The first kappa shape index (κ1) is 15.5. The van der Waals surface area contributed by atoms with Crippen molar-refractivity contribution in [1.29, 1.82) is 0 Å². The monoisotopic (exact) mass is 327 g/mol. The van der Waals surface area contributed by atoms with Crippen molar-refractivity contribution in [2.75, 3.05) is 0 Å². The second kappa shape index (κ2) is 6.36. The van der Waals surface area contributed by atoms with Gasteiger partial charge >= 0.3 is 0 Å². The number of hydrogen-bond acceptors (Lipinski definition) is 5. The van der Waals surface area contributed by atoms with Crippen LogP contribution in [0.2, 0.25) is 0 Å². The fourth-order valence-electron chi connectivity index (χ4n) is 2.38. The molecule has 6 heteroatoms. The fourth-order valence-corrected chi connectivity index (χ4v) is 3.01. The summed E-state index contributed by atoms with van der Waals surface area (Å²) < 4.78 is 5.84. The molecule has 0 aliphatic rings. The van der Waals surface area contributed by atoms with Gasteiger partial charge in [0.1, 0.15) is 5.52 Å². The predicted octanol–water partition coefficient (Wildman–Crippen LogP) is 3.59. The molecule has 0 saturated heterocycles. The Kier molecular flexibility index (Phi) is 4.27. The van der Waals surface area contributed by atoms with Crippen molar-refractivity contribution in [2.45, 2.75) is 13.3 Å². The van der Waals surface area contributed by atoms with Crippen molar-refractivity contribution in [1.82, 2.24) is 10.4 Å². The number of amides is 1. The molecule has 0 spiro atoms. The maximum absolute atomic E-state index is 11.4. The molecule has 0 radical (unpaired) electrons. The Bertz CT molecular complexity index is 852. The normalized spacial score (nSPS) is 12.3. The standard InChI is InChI=1S/C17H17N3O2S/c1-10(7-16(21)20-18)11(2)12-3-4-14-15(8-12)22-17(19-14)13-5-6-23-9-13/h3-6,8-10H,2,7,18H2,1H3,(H,20,21). The van der Waals surface area contributed by atoms with Crippen LogP contribution < -0.4 is 11.3 Å².